The SMILES string of the molecule is COCCc1noc(C2CCCCN2)n1.Cl. The largest absolute Gasteiger partial charge is 0.384 e. The maximum atomic E-state index is 5.22. The van der Waals surface area contributed by atoms with Crippen molar-refractivity contribution in [2.24, 2.45) is 0 Å². The van der Waals surface area contributed by atoms with Crippen molar-refractivity contribution < 1.29 is 9.26 Å². The summed E-state index contributed by atoms with van der Waals surface area (Å²) in [7, 11) is 1.67. The van der Waals surface area contributed by atoms with E-state index in [0.29, 0.717) is 13.0 Å². The molecule has 0 amide bonds. The van der Waals surface area contributed by atoms with Crippen molar-refractivity contribution in [2.75, 3.05) is 20.3 Å². The summed E-state index contributed by atoms with van der Waals surface area (Å²) in [5.74, 6) is 1.46. The molecule has 1 aromatic rings. The molecule has 0 bridgehead atoms. The molecule has 0 aliphatic carbocycles. The Morgan fingerprint density at radius 2 is 2.38 bits per heavy atom. The van der Waals surface area contributed by atoms with Crippen LogP contribution in [0.1, 0.15) is 37.0 Å². The van der Waals surface area contributed by atoms with Gasteiger partial charge in [0.1, 0.15) is 0 Å². The van der Waals surface area contributed by atoms with Gasteiger partial charge >= 0.3 is 0 Å². The number of hydrogen-bond acceptors (Lipinski definition) is 5. The Kier molecular flexibility index (Phi) is 5.73. The van der Waals surface area contributed by atoms with Crippen molar-refractivity contribution in [3.8, 4) is 0 Å². The van der Waals surface area contributed by atoms with E-state index in [-0.39, 0.29) is 18.4 Å². The third-order valence-electron chi connectivity index (χ3n) is 2.62. The number of nitrogens with one attached hydrogen (secondary N) is 1. The van der Waals surface area contributed by atoms with Gasteiger partial charge < -0.3 is 14.6 Å². The molecule has 1 atom stereocenters. The first kappa shape index (κ1) is 13.4. The molecule has 0 saturated carbocycles. The van der Waals surface area contributed by atoms with Gasteiger partial charge in [-0.3, -0.25) is 0 Å². The van der Waals surface area contributed by atoms with E-state index < -0.39 is 0 Å². The predicted molar refractivity (Wildman–Crippen MR) is 61.7 cm³/mol. The molecule has 5 nitrogen and oxygen atoms in total. The predicted octanol–water partition coefficient (Wildman–Crippen LogP) is 1.49. The van der Waals surface area contributed by atoms with E-state index >= 15 is 0 Å². The second-order valence-electron chi connectivity index (χ2n) is 3.79. The Labute approximate surface area is 101 Å². The lowest BCUT2D eigenvalue weighted by Gasteiger charge is -2.19. The van der Waals surface area contributed by atoms with Crippen LogP contribution in [0.4, 0.5) is 0 Å². The molecule has 1 unspecified atom stereocenters. The van der Waals surface area contributed by atoms with Crippen LogP contribution in [0.5, 0.6) is 0 Å². The normalized spacial score (nSPS) is 20.4. The molecule has 1 aliphatic rings. The maximum Gasteiger partial charge on any atom is 0.243 e. The number of rotatable bonds is 4. The van der Waals surface area contributed by atoms with Gasteiger partial charge in [0.25, 0.3) is 0 Å². The lowest BCUT2D eigenvalue weighted by atomic mass is 10.1. The summed E-state index contributed by atoms with van der Waals surface area (Å²) < 4.78 is 10.2. The minimum Gasteiger partial charge on any atom is -0.384 e. The van der Waals surface area contributed by atoms with E-state index in [9.17, 15) is 0 Å². The van der Waals surface area contributed by atoms with Crippen LogP contribution in [0, 0.1) is 0 Å². The average molecular weight is 248 g/mol. The van der Waals surface area contributed by atoms with Crippen LogP contribution in [-0.2, 0) is 11.2 Å². The van der Waals surface area contributed by atoms with Crippen LogP contribution in [0.3, 0.4) is 0 Å². The zero-order valence-corrected chi connectivity index (χ0v) is 10.3. The van der Waals surface area contributed by atoms with E-state index in [4.69, 9.17) is 9.26 Å². The van der Waals surface area contributed by atoms with E-state index in [2.05, 4.69) is 15.5 Å². The van der Waals surface area contributed by atoms with Crippen molar-refractivity contribution in [1.82, 2.24) is 15.5 Å². The second kappa shape index (κ2) is 6.83. The molecule has 6 heteroatoms. The van der Waals surface area contributed by atoms with Gasteiger partial charge in [-0.25, -0.2) is 0 Å². The molecule has 2 rings (SSSR count). The third kappa shape index (κ3) is 3.43. The lowest BCUT2D eigenvalue weighted by Crippen LogP contribution is -2.27. The van der Waals surface area contributed by atoms with Crippen LogP contribution < -0.4 is 5.32 Å². The van der Waals surface area contributed by atoms with Gasteiger partial charge in [0, 0.05) is 13.5 Å². The number of halogens is 1. The summed E-state index contributed by atoms with van der Waals surface area (Å²) in [6.07, 6.45) is 4.27. The minimum atomic E-state index is 0. The van der Waals surface area contributed by atoms with Crippen LogP contribution >= 0.6 is 12.4 Å². The monoisotopic (exact) mass is 247 g/mol. The van der Waals surface area contributed by atoms with Crippen LogP contribution in [0.15, 0.2) is 4.52 Å². The highest BCUT2D eigenvalue weighted by atomic mass is 35.5. The van der Waals surface area contributed by atoms with Crippen LogP contribution in [0.2, 0.25) is 0 Å². The number of ether oxygens (including phenoxy) is 1. The quantitative estimate of drug-likeness (QED) is 0.874. The molecule has 0 radical (unpaired) electrons. The van der Waals surface area contributed by atoms with Crippen LogP contribution in [0.25, 0.3) is 0 Å². The first-order chi connectivity index (χ1) is 7.40. The summed E-state index contributed by atoms with van der Waals surface area (Å²) >= 11 is 0. The van der Waals surface area contributed by atoms with Gasteiger partial charge in [-0.1, -0.05) is 11.6 Å². The Morgan fingerprint density at radius 3 is 3.06 bits per heavy atom. The average Bonchev–Trinajstić information content (AvgIpc) is 2.76. The number of piperidine rings is 1. The number of methoxy groups -OCH3 is 1. The molecule has 1 saturated heterocycles. The van der Waals surface area contributed by atoms with Crippen molar-refractivity contribution in [3.05, 3.63) is 11.7 Å². The van der Waals surface area contributed by atoms with E-state index in [1.165, 1.54) is 12.8 Å². The smallest absolute Gasteiger partial charge is 0.243 e. The fourth-order valence-corrected chi connectivity index (χ4v) is 1.77. The molecular weight excluding hydrogens is 230 g/mol. The molecule has 0 spiro atoms. The zero-order valence-electron chi connectivity index (χ0n) is 9.44. The van der Waals surface area contributed by atoms with Gasteiger partial charge in [0.05, 0.1) is 12.6 Å². The topological polar surface area (TPSA) is 60.2 Å². The maximum absolute atomic E-state index is 5.22. The van der Waals surface area contributed by atoms with Gasteiger partial charge in [0.2, 0.25) is 5.89 Å². The van der Waals surface area contributed by atoms with E-state index in [0.717, 1.165) is 24.7 Å². The molecule has 1 fully saturated rings. The van der Waals surface area contributed by atoms with Crippen molar-refractivity contribution in [3.63, 3.8) is 0 Å². The summed E-state index contributed by atoms with van der Waals surface area (Å²) in [4.78, 5) is 4.35. The molecular formula is C10H18ClN3O2. The first-order valence-corrected chi connectivity index (χ1v) is 5.45. The zero-order chi connectivity index (χ0) is 10.5. The van der Waals surface area contributed by atoms with Gasteiger partial charge in [-0.05, 0) is 19.4 Å². The van der Waals surface area contributed by atoms with Crippen LogP contribution in [-0.4, -0.2) is 30.4 Å². The number of aromatic nitrogens is 2. The fourth-order valence-electron chi connectivity index (χ4n) is 1.77. The number of nitrogens with zero attached hydrogens (tertiary/aromatic N) is 2. The Hall–Kier alpha value is -0.650. The highest BCUT2D eigenvalue weighted by Crippen LogP contribution is 2.21. The van der Waals surface area contributed by atoms with E-state index in [1.54, 1.807) is 7.11 Å². The highest BCUT2D eigenvalue weighted by Gasteiger charge is 2.20. The Morgan fingerprint density at radius 1 is 1.50 bits per heavy atom. The van der Waals surface area contributed by atoms with Gasteiger partial charge in [-0.2, -0.15) is 4.98 Å². The van der Waals surface area contributed by atoms with E-state index in [1.807, 2.05) is 0 Å². The number of hydrogen-bond donors (Lipinski definition) is 1. The summed E-state index contributed by atoms with van der Waals surface area (Å²) in [5, 5.41) is 7.30. The second-order valence-corrected chi connectivity index (χ2v) is 3.79. The van der Waals surface area contributed by atoms with Gasteiger partial charge in [-0.15, -0.1) is 12.4 Å². The molecule has 16 heavy (non-hydrogen) atoms. The molecule has 1 N–H and O–H groups in total. The summed E-state index contributed by atoms with van der Waals surface area (Å²) in [5.41, 5.74) is 0. The standard InChI is InChI=1S/C10H17N3O2.ClH/c1-14-7-5-9-12-10(15-13-9)8-4-2-3-6-11-8;/h8,11H,2-7H2,1H3;1H. The lowest BCUT2D eigenvalue weighted by molar-refractivity contribution is 0.199. The highest BCUT2D eigenvalue weighted by molar-refractivity contribution is 5.85. The fraction of sp³-hybridized carbons (Fsp3) is 0.800. The summed E-state index contributed by atoms with van der Waals surface area (Å²) in [6.45, 7) is 1.68. The third-order valence-corrected chi connectivity index (χ3v) is 2.62. The van der Waals surface area contributed by atoms with Crippen molar-refractivity contribution >= 4 is 12.4 Å². The first-order valence-electron chi connectivity index (χ1n) is 5.45. The molecule has 1 aromatic heterocycles. The summed E-state index contributed by atoms with van der Waals surface area (Å²) in [6, 6.07) is 0.252. The molecule has 92 valence electrons. The molecule has 2 heterocycles. The minimum absolute atomic E-state index is 0. The van der Waals surface area contributed by atoms with Crippen molar-refractivity contribution in [1.29, 1.82) is 0 Å². The van der Waals surface area contributed by atoms with Gasteiger partial charge in [0.15, 0.2) is 5.82 Å². The Balaban J connectivity index is 0.00000128. The van der Waals surface area contributed by atoms with Crippen molar-refractivity contribution in [2.45, 2.75) is 31.7 Å². The Bertz CT molecular complexity index is 300. The molecule has 1 aliphatic heterocycles. The molecule has 0 aromatic carbocycles.